The summed E-state index contributed by atoms with van der Waals surface area (Å²) in [7, 11) is 3.47. The van der Waals surface area contributed by atoms with Crippen molar-refractivity contribution in [2.75, 3.05) is 14.1 Å². The first-order valence-electron chi connectivity index (χ1n) is 2.97. The molecule has 0 atom stereocenters. The van der Waals surface area contributed by atoms with E-state index in [0.29, 0.717) is 0 Å². The van der Waals surface area contributed by atoms with Crippen LogP contribution in [0.5, 0.6) is 0 Å². The second-order valence-corrected chi connectivity index (χ2v) is 2.44. The second kappa shape index (κ2) is 3.33. The normalized spacial score (nSPS) is 12.3. The van der Waals surface area contributed by atoms with E-state index in [4.69, 9.17) is 0 Å². The molecule has 0 aromatic carbocycles. The molecule has 0 saturated heterocycles. The number of hydrazone groups is 1. The zero-order chi connectivity index (χ0) is 7.44. The van der Waals surface area contributed by atoms with E-state index in [1.807, 2.05) is 13.8 Å². The summed E-state index contributed by atoms with van der Waals surface area (Å²) in [5.74, 6) is -0.0626. The van der Waals surface area contributed by atoms with Gasteiger partial charge in [-0.2, -0.15) is 5.10 Å². The molecule has 0 aromatic rings. The Morgan fingerprint density at radius 2 is 1.89 bits per heavy atom. The van der Waals surface area contributed by atoms with Gasteiger partial charge >= 0.3 is 0 Å². The summed E-state index contributed by atoms with van der Waals surface area (Å²) in [6.07, 6.45) is 0. The lowest BCUT2D eigenvalue weighted by Gasteiger charge is -2.16. The van der Waals surface area contributed by atoms with Crippen molar-refractivity contribution < 1.29 is 5.11 Å². The van der Waals surface area contributed by atoms with Crippen LogP contribution < -0.4 is 5.11 Å². The number of nitrogens with zero attached hydrogens (tertiary/aromatic N) is 2. The van der Waals surface area contributed by atoms with Gasteiger partial charge in [0.1, 0.15) is 0 Å². The van der Waals surface area contributed by atoms with Crippen molar-refractivity contribution in [3.63, 3.8) is 0 Å². The van der Waals surface area contributed by atoms with Crippen LogP contribution in [0.1, 0.15) is 13.8 Å². The summed E-state index contributed by atoms with van der Waals surface area (Å²) >= 11 is 0. The van der Waals surface area contributed by atoms with Gasteiger partial charge in [0.15, 0.2) is 0 Å². The smallest absolute Gasteiger partial charge is 0.0244 e. The highest BCUT2D eigenvalue weighted by atomic mass is 16.3. The second-order valence-electron chi connectivity index (χ2n) is 2.44. The molecule has 3 heteroatoms. The first kappa shape index (κ1) is 8.27. The average Bonchev–Trinajstić information content (AvgIpc) is 1.63. The van der Waals surface area contributed by atoms with Gasteiger partial charge < -0.3 is 10.1 Å². The molecule has 0 heterocycles. The van der Waals surface area contributed by atoms with Crippen LogP contribution in [0.3, 0.4) is 0 Å². The predicted molar refractivity (Wildman–Crippen MR) is 36.0 cm³/mol. The van der Waals surface area contributed by atoms with Crippen LogP contribution in [0.2, 0.25) is 0 Å². The van der Waals surface area contributed by atoms with Crippen molar-refractivity contribution in [1.82, 2.24) is 5.01 Å². The van der Waals surface area contributed by atoms with Crippen molar-refractivity contribution in [3.8, 4) is 0 Å². The molecule has 0 saturated carbocycles. The fourth-order valence-corrected chi connectivity index (χ4v) is 0.313. The molecule has 0 radical (unpaired) electrons. The van der Waals surface area contributed by atoms with E-state index in [-0.39, 0.29) is 11.8 Å². The minimum absolute atomic E-state index is 0.00685. The van der Waals surface area contributed by atoms with Crippen molar-refractivity contribution in [3.05, 3.63) is 0 Å². The summed E-state index contributed by atoms with van der Waals surface area (Å²) in [6.45, 7) is 3.66. The van der Waals surface area contributed by atoms with E-state index in [9.17, 15) is 5.11 Å². The minimum atomic E-state index is -0.0694. The highest BCUT2D eigenvalue weighted by molar-refractivity contribution is 5.73. The fraction of sp³-hybridized carbons (Fsp3) is 0.833. The summed E-state index contributed by atoms with van der Waals surface area (Å²) in [5.41, 5.74) is 0. The van der Waals surface area contributed by atoms with Gasteiger partial charge in [-0.3, -0.25) is 0 Å². The maximum absolute atomic E-state index is 10.7. The number of hydrogen-bond acceptors (Lipinski definition) is 3. The summed E-state index contributed by atoms with van der Waals surface area (Å²) in [4.78, 5) is 0. The molecule has 0 bridgehead atoms. The molecule has 0 aromatic heterocycles. The molecular formula is C6H13N2O-. The van der Waals surface area contributed by atoms with Gasteiger partial charge in [-0.1, -0.05) is 13.8 Å². The van der Waals surface area contributed by atoms with Crippen LogP contribution in [0, 0.1) is 5.92 Å². The molecule has 0 aliphatic carbocycles. The van der Waals surface area contributed by atoms with Crippen LogP contribution >= 0.6 is 0 Å². The zero-order valence-electron chi connectivity index (χ0n) is 6.38. The minimum Gasteiger partial charge on any atom is -0.860 e. The zero-order valence-corrected chi connectivity index (χ0v) is 6.38. The number of hydrogen-bond donors (Lipinski definition) is 0. The molecule has 3 nitrogen and oxygen atoms in total. The van der Waals surface area contributed by atoms with Crippen LogP contribution in [0.4, 0.5) is 0 Å². The summed E-state index contributed by atoms with van der Waals surface area (Å²) < 4.78 is 0. The summed E-state index contributed by atoms with van der Waals surface area (Å²) in [5, 5.41) is 15.9. The third-order valence-corrected chi connectivity index (χ3v) is 0.792. The maximum Gasteiger partial charge on any atom is 0.0244 e. The highest BCUT2D eigenvalue weighted by Crippen LogP contribution is 1.90. The third-order valence-electron chi connectivity index (χ3n) is 0.792. The van der Waals surface area contributed by atoms with Gasteiger partial charge in [0.05, 0.1) is 0 Å². The van der Waals surface area contributed by atoms with Crippen LogP contribution in [0.25, 0.3) is 0 Å². The first-order chi connectivity index (χ1) is 4.04. The first-order valence-corrected chi connectivity index (χ1v) is 2.97. The third kappa shape index (κ3) is 3.82. The Morgan fingerprint density at radius 3 is 2.00 bits per heavy atom. The Balaban J connectivity index is 3.84. The van der Waals surface area contributed by atoms with Crippen molar-refractivity contribution in [2.45, 2.75) is 13.8 Å². The van der Waals surface area contributed by atoms with Crippen LogP contribution in [-0.2, 0) is 0 Å². The van der Waals surface area contributed by atoms with Gasteiger partial charge in [0, 0.05) is 14.1 Å². The van der Waals surface area contributed by atoms with Crippen LogP contribution in [0.15, 0.2) is 5.10 Å². The molecule has 0 fully saturated rings. The predicted octanol–water partition coefficient (Wildman–Crippen LogP) is -0.122. The molecule has 0 spiro atoms. The molecular weight excluding hydrogens is 116 g/mol. The van der Waals surface area contributed by atoms with E-state index in [1.165, 1.54) is 5.01 Å². The van der Waals surface area contributed by atoms with Gasteiger partial charge in [-0.15, -0.1) is 0 Å². The van der Waals surface area contributed by atoms with E-state index >= 15 is 0 Å². The topological polar surface area (TPSA) is 38.7 Å². The molecule has 0 amide bonds. The van der Waals surface area contributed by atoms with Gasteiger partial charge in [-0.25, -0.2) is 0 Å². The molecule has 0 aliphatic heterocycles. The van der Waals surface area contributed by atoms with Crippen molar-refractivity contribution >= 4 is 5.90 Å². The Morgan fingerprint density at radius 1 is 1.44 bits per heavy atom. The lowest BCUT2D eigenvalue weighted by Crippen LogP contribution is -2.26. The van der Waals surface area contributed by atoms with Crippen molar-refractivity contribution in [1.29, 1.82) is 0 Å². The van der Waals surface area contributed by atoms with Crippen molar-refractivity contribution in [2.24, 2.45) is 11.0 Å². The Hall–Kier alpha value is -0.730. The van der Waals surface area contributed by atoms with E-state index < -0.39 is 0 Å². The Bertz CT molecular complexity index is 108. The molecule has 9 heavy (non-hydrogen) atoms. The Kier molecular flexibility index (Phi) is 3.06. The standard InChI is InChI=1S/C6H14N2O/c1-5(2)6(9)7-8(3)4/h5H,1-4H3,(H,7,9)/p-1. The van der Waals surface area contributed by atoms with Gasteiger partial charge in [0.2, 0.25) is 0 Å². The molecule has 0 N–H and O–H groups in total. The van der Waals surface area contributed by atoms with Gasteiger partial charge in [-0.05, 0) is 11.8 Å². The SMILES string of the molecule is CC(C)C([O-])=NN(C)C. The van der Waals surface area contributed by atoms with Crippen LogP contribution in [-0.4, -0.2) is 25.0 Å². The monoisotopic (exact) mass is 129 g/mol. The number of rotatable bonds is 2. The van der Waals surface area contributed by atoms with Gasteiger partial charge in [0.25, 0.3) is 0 Å². The lowest BCUT2D eigenvalue weighted by molar-refractivity contribution is -0.224. The maximum atomic E-state index is 10.7. The fourth-order valence-electron chi connectivity index (χ4n) is 0.313. The largest absolute Gasteiger partial charge is 0.860 e. The Labute approximate surface area is 56.0 Å². The molecule has 0 aliphatic rings. The van der Waals surface area contributed by atoms with E-state index in [0.717, 1.165) is 0 Å². The molecule has 0 unspecified atom stereocenters. The molecule has 0 rings (SSSR count). The average molecular weight is 129 g/mol. The van der Waals surface area contributed by atoms with E-state index in [1.54, 1.807) is 14.1 Å². The highest BCUT2D eigenvalue weighted by Gasteiger charge is 1.90. The summed E-state index contributed by atoms with van der Waals surface area (Å²) in [6, 6.07) is 0. The van der Waals surface area contributed by atoms with E-state index in [2.05, 4.69) is 5.10 Å². The lowest BCUT2D eigenvalue weighted by atomic mass is 10.2. The molecule has 54 valence electrons. The quantitative estimate of drug-likeness (QED) is 0.296.